The maximum atomic E-state index is 4.36. The molecule has 0 saturated carbocycles. The molecule has 0 aliphatic carbocycles. The predicted molar refractivity (Wildman–Crippen MR) is 38.4 cm³/mol. The Balaban J connectivity index is 2.80. The number of hydrogen-bond acceptors (Lipinski definition) is 1. The Morgan fingerprint density at radius 2 is 2.12 bits per heavy atom. The van der Waals surface area contributed by atoms with E-state index in [0.29, 0.717) is 15.0 Å². The van der Waals surface area contributed by atoms with Crippen LogP contribution in [0, 0.1) is 0 Å². The summed E-state index contributed by atoms with van der Waals surface area (Å²) in [5.41, 5.74) is 0. The molecule has 0 N–H and O–H groups in total. The minimum absolute atomic E-state index is 0.438. The van der Waals surface area contributed by atoms with Gasteiger partial charge in [-0.1, -0.05) is 0 Å². The molecule has 0 aromatic rings. The Bertz CT molecular complexity index is 61.5. The van der Waals surface area contributed by atoms with Crippen LogP contribution in [-0.4, -0.2) is 21.6 Å². The summed E-state index contributed by atoms with van der Waals surface area (Å²) in [5.74, 6) is 0. The van der Waals surface area contributed by atoms with Crippen LogP contribution in [0.15, 0.2) is 3.93 Å². The molecule has 0 heterocycles. The predicted octanol–water partition coefficient (Wildman–Crippen LogP) is 2.11. The average Bonchev–Trinajstić information content (AvgIpc) is 1.81. The summed E-state index contributed by atoms with van der Waals surface area (Å²) in [5, 5.41) is 1.28. The van der Waals surface area contributed by atoms with Gasteiger partial charge in [0.05, 0.1) is 0 Å². The molecule has 0 aromatic heterocycles. The van der Waals surface area contributed by atoms with Crippen molar-refractivity contribution in [3.63, 3.8) is 0 Å². The van der Waals surface area contributed by atoms with Crippen LogP contribution in [0.3, 0.4) is 0 Å². The van der Waals surface area contributed by atoms with E-state index < -0.39 is 0 Å². The van der Waals surface area contributed by atoms with Crippen LogP contribution < -0.4 is 0 Å². The van der Waals surface area contributed by atoms with Gasteiger partial charge in [-0.25, -0.2) is 0 Å². The van der Waals surface area contributed by atoms with Crippen molar-refractivity contribution >= 4 is 15.0 Å². The van der Waals surface area contributed by atoms with Crippen molar-refractivity contribution in [1.29, 1.82) is 0 Å². The third-order valence-electron chi connectivity index (χ3n) is 0.952. The van der Waals surface area contributed by atoms with Crippen molar-refractivity contribution in [2.45, 2.75) is 32.0 Å². The van der Waals surface area contributed by atoms with E-state index in [4.69, 9.17) is 0 Å². The van der Waals surface area contributed by atoms with Gasteiger partial charge in [-0.15, -0.1) is 0 Å². The number of unbranched alkanes of at least 4 members (excludes halogenated alkanes) is 1. The fourth-order valence-corrected chi connectivity index (χ4v) is 1.09. The van der Waals surface area contributed by atoms with Gasteiger partial charge in [0.1, 0.15) is 0 Å². The van der Waals surface area contributed by atoms with Gasteiger partial charge < -0.3 is 0 Å². The Labute approximate surface area is 58.0 Å². The van der Waals surface area contributed by atoms with Crippen molar-refractivity contribution in [2.24, 2.45) is 3.93 Å². The summed E-state index contributed by atoms with van der Waals surface area (Å²) in [4.78, 5) is 0. The zero-order valence-corrected chi connectivity index (χ0v) is 7.01. The topological polar surface area (TPSA) is 12.4 Å². The van der Waals surface area contributed by atoms with E-state index in [2.05, 4.69) is 17.8 Å². The van der Waals surface area contributed by atoms with Crippen LogP contribution in [0.25, 0.3) is 0 Å². The molecule has 2 heteroatoms. The molecule has 46 valence electrons. The van der Waals surface area contributed by atoms with Crippen LogP contribution in [0.5, 0.6) is 0 Å². The summed E-state index contributed by atoms with van der Waals surface area (Å²) in [6.07, 6.45) is 2.57. The van der Waals surface area contributed by atoms with E-state index in [1.165, 1.54) is 18.1 Å². The fraction of sp³-hybridized carbons (Fsp3) is 1.00. The van der Waals surface area contributed by atoms with Crippen molar-refractivity contribution in [3.8, 4) is 0 Å². The second kappa shape index (κ2) is 7.33. The molecule has 8 heavy (non-hydrogen) atoms. The van der Waals surface area contributed by atoms with Crippen molar-refractivity contribution in [2.75, 3.05) is 6.54 Å². The molecule has 1 nitrogen and oxygen atoms in total. The van der Waals surface area contributed by atoms with Gasteiger partial charge in [-0.05, 0) is 0 Å². The van der Waals surface area contributed by atoms with E-state index in [9.17, 15) is 0 Å². The first kappa shape index (κ1) is 8.33. The SMILES string of the molecule is CCCC[N]=[Al][CH2]C. The minimum atomic E-state index is 0.438. The van der Waals surface area contributed by atoms with E-state index >= 15 is 0 Å². The Kier molecular flexibility index (Phi) is 7.64. The Morgan fingerprint density at radius 3 is 2.62 bits per heavy atom. The quantitative estimate of drug-likeness (QED) is 0.405. The first-order chi connectivity index (χ1) is 3.91. The molecule has 0 aliphatic heterocycles. The van der Waals surface area contributed by atoms with Gasteiger partial charge in [0, 0.05) is 0 Å². The summed E-state index contributed by atoms with van der Waals surface area (Å²) in [6.45, 7) is 5.52. The zero-order valence-electron chi connectivity index (χ0n) is 5.85. The second-order valence-corrected chi connectivity index (χ2v) is 3.40. The molecule has 0 fully saturated rings. The van der Waals surface area contributed by atoms with E-state index in [0.717, 1.165) is 6.54 Å². The van der Waals surface area contributed by atoms with Gasteiger partial charge >= 0.3 is 57.5 Å². The van der Waals surface area contributed by atoms with Crippen molar-refractivity contribution < 1.29 is 0 Å². The first-order valence-corrected chi connectivity index (χ1v) is 4.73. The van der Waals surface area contributed by atoms with Gasteiger partial charge in [-0.2, -0.15) is 0 Å². The molecule has 0 aliphatic rings. The number of hydrogen-bond donors (Lipinski definition) is 0. The summed E-state index contributed by atoms with van der Waals surface area (Å²) >= 11 is 0.438. The average molecular weight is 127 g/mol. The van der Waals surface area contributed by atoms with Crippen LogP contribution in [0.1, 0.15) is 26.7 Å². The molecule has 0 radical (unpaired) electrons. The molecule has 0 aromatic carbocycles. The van der Waals surface area contributed by atoms with Crippen LogP contribution in [0.2, 0.25) is 5.28 Å². The fourth-order valence-electron chi connectivity index (χ4n) is 0.470. The van der Waals surface area contributed by atoms with Crippen molar-refractivity contribution in [1.82, 2.24) is 0 Å². The second-order valence-electron chi connectivity index (χ2n) is 1.85. The summed E-state index contributed by atoms with van der Waals surface area (Å²) in [7, 11) is 0. The van der Waals surface area contributed by atoms with E-state index in [1.54, 1.807) is 0 Å². The Morgan fingerprint density at radius 1 is 1.38 bits per heavy atom. The third kappa shape index (κ3) is 6.33. The molecule has 0 bridgehead atoms. The molecule has 0 unspecified atom stereocenters. The van der Waals surface area contributed by atoms with Crippen LogP contribution >= 0.6 is 0 Å². The molecule has 0 atom stereocenters. The molecule has 0 rings (SSSR count). The molecule has 0 saturated heterocycles. The van der Waals surface area contributed by atoms with Gasteiger partial charge in [-0.3, -0.25) is 0 Å². The van der Waals surface area contributed by atoms with Crippen LogP contribution in [-0.2, 0) is 0 Å². The summed E-state index contributed by atoms with van der Waals surface area (Å²) < 4.78 is 4.36. The van der Waals surface area contributed by atoms with Gasteiger partial charge in [0.15, 0.2) is 0 Å². The van der Waals surface area contributed by atoms with Crippen molar-refractivity contribution in [3.05, 3.63) is 0 Å². The first-order valence-electron chi connectivity index (χ1n) is 3.40. The Hall–Kier alpha value is 0.332. The van der Waals surface area contributed by atoms with Gasteiger partial charge in [0.2, 0.25) is 0 Å². The van der Waals surface area contributed by atoms with E-state index in [1.807, 2.05) is 0 Å². The normalized spacial score (nSPS) is 9.75. The molecule has 0 spiro atoms. The molecular weight excluding hydrogens is 113 g/mol. The number of rotatable bonds is 4. The van der Waals surface area contributed by atoms with E-state index in [-0.39, 0.29) is 0 Å². The summed E-state index contributed by atoms with van der Waals surface area (Å²) in [6, 6.07) is 0. The monoisotopic (exact) mass is 127 g/mol. The number of nitrogens with zero attached hydrogens (tertiary/aromatic N) is 1. The van der Waals surface area contributed by atoms with Crippen LogP contribution in [0.4, 0.5) is 0 Å². The maximum absolute atomic E-state index is 4.36. The molecular formula is C6H14AlN. The van der Waals surface area contributed by atoms with Gasteiger partial charge in [0.25, 0.3) is 0 Å². The zero-order chi connectivity index (χ0) is 6.24. The third-order valence-corrected chi connectivity index (χ3v) is 1.83. The standard InChI is InChI=1S/C4H9N.C2H5.Al/c1-2-3-4-5;1-2;/h2-4H2,1H3;1H2,2H3;. The molecule has 0 amide bonds.